The zero-order valence-electron chi connectivity index (χ0n) is 9.95. The van der Waals surface area contributed by atoms with Gasteiger partial charge in [0.25, 0.3) is 5.91 Å². The fourth-order valence-electron chi connectivity index (χ4n) is 2.19. The summed E-state index contributed by atoms with van der Waals surface area (Å²) in [5.41, 5.74) is 1.51. The van der Waals surface area contributed by atoms with Gasteiger partial charge in [-0.1, -0.05) is 12.8 Å². The number of nitrogens with zero attached hydrogens (tertiary/aromatic N) is 1. The summed E-state index contributed by atoms with van der Waals surface area (Å²) < 4.78 is 0. The average Bonchev–Trinajstić information content (AvgIpc) is 2.32. The maximum absolute atomic E-state index is 12.0. The van der Waals surface area contributed by atoms with Crippen LogP contribution in [-0.4, -0.2) is 22.3 Å². The van der Waals surface area contributed by atoms with Crippen LogP contribution >= 0.6 is 11.6 Å². The number of alkyl halides is 1. The van der Waals surface area contributed by atoms with Gasteiger partial charge in [0.15, 0.2) is 0 Å². The lowest BCUT2D eigenvalue weighted by Gasteiger charge is -2.27. The fourth-order valence-corrected chi connectivity index (χ4v) is 2.53. The molecule has 0 bridgehead atoms. The Morgan fingerprint density at radius 2 is 2.24 bits per heavy atom. The molecule has 1 aromatic heterocycles. The Balaban J connectivity index is 2.01. The molecule has 0 radical (unpaired) electrons. The van der Waals surface area contributed by atoms with E-state index in [0.717, 1.165) is 31.4 Å². The number of carbonyl (C=O) groups is 1. The first-order chi connectivity index (χ1) is 8.16. The van der Waals surface area contributed by atoms with Crippen molar-refractivity contribution in [3.05, 3.63) is 29.6 Å². The highest BCUT2D eigenvalue weighted by Crippen LogP contribution is 2.23. The minimum Gasteiger partial charge on any atom is -0.348 e. The molecule has 2 rings (SSSR count). The number of halogens is 1. The number of rotatable bonds is 2. The van der Waals surface area contributed by atoms with Crippen LogP contribution in [0.2, 0.25) is 0 Å². The van der Waals surface area contributed by atoms with Gasteiger partial charge in [0.2, 0.25) is 0 Å². The van der Waals surface area contributed by atoms with Gasteiger partial charge in [-0.2, -0.15) is 0 Å². The number of hydrogen-bond acceptors (Lipinski definition) is 2. The summed E-state index contributed by atoms with van der Waals surface area (Å²) in [6.07, 6.45) is 5.92. The minimum atomic E-state index is -0.0481. The van der Waals surface area contributed by atoms with Gasteiger partial charge in [-0.3, -0.25) is 9.78 Å². The highest BCUT2D eigenvalue weighted by Gasteiger charge is 2.24. The number of aromatic nitrogens is 1. The molecule has 0 spiro atoms. The number of nitrogens with one attached hydrogen (secondary N) is 1. The fraction of sp³-hybridized carbons (Fsp3) is 0.538. The topological polar surface area (TPSA) is 42.0 Å². The van der Waals surface area contributed by atoms with E-state index >= 15 is 0 Å². The molecule has 1 aliphatic carbocycles. The van der Waals surface area contributed by atoms with Crippen molar-refractivity contribution in [2.75, 3.05) is 0 Å². The van der Waals surface area contributed by atoms with Gasteiger partial charge < -0.3 is 5.32 Å². The SMILES string of the molecule is Cc1cc(C(=O)NC2CCCCC2Cl)ccn1. The zero-order valence-corrected chi connectivity index (χ0v) is 10.7. The molecule has 0 saturated heterocycles. The normalized spacial score (nSPS) is 24.4. The van der Waals surface area contributed by atoms with E-state index < -0.39 is 0 Å². The molecule has 92 valence electrons. The van der Waals surface area contributed by atoms with E-state index in [9.17, 15) is 4.79 Å². The summed E-state index contributed by atoms with van der Waals surface area (Å²) >= 11 is 6.22. The van der Waals surface area contributed by atoms with Crippen LogP contribution < -0.4 is 5.32 Å². The van der Waals surface area contributed by atoms with E-state index in [4.69, 9.17) is 11.6 Å². The quantitative estimate of drug-likeness (QED) is 0.823. The van der Waals surface area contributed by atoms with E-state index in [1.807, 2.05) is 6.92 Å². The molecule has 3 nitrogen and oxygen atoms in total. The van der Waals surface area contributed by atoms with E-state index in [-0.39, 0.29) is 17.3 Å². The van der Waals surface area contributed by atoms with E-state index in [1.54, 1.807) is 18.3 Å². The highest BCUT2D eigenvalue weighted by atomic mass is 35.5. The smallest absolute Gasteiger partial charge is 0.251 e. The lowest BCUT2D eigenvalue weighted by Crippen LogP contribution is -2.42. The molecule has 1 heterocycles. The van der Waals surface area contributed by atoms with Crippen LogP contribution in [0.5, 0.6) is 0 Å². The molecule has 2 atom stereocenters. The lowest BCUT2D eigenvalue weighted by atomic mass is 9.94. The number of hydrogen-bond donors (Lipinski definition) is 1. The molecule has 2 unspecified atom stereocenters. The maximum atomic E-state index is 12.0. The Kier molecular flexibility index (Phi) is 4.00. The maximum Gasteiger partial charge on any atom is 0.251 e. The van der Waals surface area contributed by atoms with Crippen LogP contribution in [0.25, 0.3) is 0 Å². The van der Waals surface area contributed by atoms with Crippen molar-refractivity contribution in [1.29, 1.82) is 0 Å². The molecule has 1 aromatic rings. The summed E-state index contributed by atoms with van der Waals surface area (Å²) in [6, 6.07) is 3.63. The summed E-state index contributed by atoms with van der Waals surface area (Å²) in [5, 5.41) is 3.08. The van der Waals surface area contributed by atoms with Gasteiger partial charge in [-0.25, -0.2) is 0 Å². The van der Waals surface area contributed by atoms with E-state index in [2.05, 4.69) is 10.3 Å². The second-order valence-corrected chi connectivity index (χ2v) is 5.13. The number of aryl methyl sites for hydroxylation is 1. The van der Waals surface area contributed by atoms with Crippen molar-refractivity contribution >= 4 is 17.5 Å². The van der Waals surface area contributed by atoms with Crippen molar-refractivity contribution in [2.24, 2.45) is 0 Å². The minimum absolute atomic E-state index is 0.0481. The van der Waals surface area contributed by atoms with Crippen molar-refractivity contribution in [1.82, 2.24) is 10.3 Å². The molecule has 1 fully saturated rings. The summed E-state index contributed by atoms with van der Waals surface area (Å²) in [5.74, 6) is -0.0481. The molecular formula is C13H17ClN2O. The Morgan fingerprint density at radius 1 is 1.47 bits per heavy atom. The van der Waals surface area contributed by atoms with Gasteiger partial charge in [-0.05, 0) is 31.9 Å². The van der Waals surface area contributed by atoms with Crippen LogP contribution in [0.1, 0.15) is 41.7 Å². The van der Waals surface area contributed by atoms with E-state index in [1.165, 1.54) is 0 Å². The van der Waals surface area contributed by atoms with Crippen molar-refractivity contribution in [3.63, 3.8) is 0 Å². The van der Waals surface area contributed by atoms with Crippen LogP contribution in [-0.2, 0) is 0 Å². The summed E-state index contributed by atoms with van der Waals surface area (Å²) in [7, 11) is 0. The Morgan fingerprint density at radius 3 is 2.94 bits per heavy atom. The third-order valence-electron chi connectivity index (χ3n) is 3.16. The standard InChI is InChI=1S/C13H17ClN2O/c1-9-8-10(6-7-15-9)13(17)16-12-5-3-2-4-11(12)14/h6-8,11-12H,2-5H2,1H3,(H,16,17). The monoisotopic (exact) mass is 252 g/mol. The van der Waals surface area contributed by atoms with Crippen molar-refractivity contribution in [2.45, 2.75) is 44.0 Å². The van der Waals surface area contributed by atoms with Gasteiger partial charge in [-0.15, -0.1) is 11.6 Å². The highest BCUT2D eigenvalue weighted by molar-refractivity contribution is 6.21. The van der Waals surface area contributed by atoms with Gasteiger partial charge in [0.05, 0.1) is 5.38 Å². The predicted molar refractivity (Wildman–Crippen MR) is 68.3 cm³/mol. The molecule has 1 amide bonds. The molecule has 4 heteroatoms. The molecule has 17 heavy (non-hydrogen) atoms. The van der Waals surface area contributed by atoms with Gasteiger partial charge in [0.1, 0.15) is 0 Å². The second kappa shape index (κ2) is 5.50. The summed E-state index contributed by atoms with van der Waals surface area (Å²) in [4.78, 5) is 16.1. The number of amides is 1. The molecule has 1 N–H and O–H groups in total. The van der Waals surface area contributed by atoms with Gasteiger partial charge >= 0.3 is 0 Å². The molecule has 1 aliphatic rings. The lowest BCUT2D eigenvalue weighted by molar-refractivity contribution is 0.0928. The van der Waals surface area contributed by atoms with Crippen LogP contribution in [0.15, 0.2) is 18.3 Å². The molecule has 0 aromatic carbocycles. The number of carbonyl (C=O) groups excluding carboxylic acids is 1. The Hall–Kier alpha value is -1.09. The van der Waals surface area contributed by atoms with Crippen molar-refractivity contribution in [3.8, 4) is 0 Å². The van der Waals surface area contributed by atoms with Crippen LogP contribution in [0.4, 0.5) is 0 Å². The first-order valence-corrected chi connectivity index (χ1v) is 6.48. The zero-order chi connectivity index (χ0) is 12.3. The first-order valence-electron chi connectivity index (χ1n) is 6.04. The van der Waals surface area contributed by atoms with E-state index in [0.29, 0.717) is 5.56 Å². The van der Waals surface area contributed by atoms with Crippen LogP contribution in [0, 0.1) is 6.92 Å². The van der Waals surface area contributed by atoms with Crippen molar-refractivity contribution < 1.29 is 4.79 Å². The second-order valence-electron chi connectivity index (χ2n) is 4.57. The molecular weight excluding hydrogens is 236 g/mol. The Bertz CT molecular complexity index is 408. The first kappa shape index (κ1) is 12.4. The van der Waals surface area contributed by atoms with Crippen LogP contribution in [0.3, 0.4) is 0 Å². The summed E-state index contributed by atoms with van der Waals surface area (Å²) in [6.45, 7) is 1.88. The molecule has 1 saturated carbocycles. The third-order valence-corrected chi connectivity index (χ3v) is 3.68. The third kappa shape index (κ3) is 3.19. The predicted octanol–water partition coefficient (Wildman–Crippen LogP) is 2.67. The number of pyridine rings is 1. The van der Waals surface area contributed by atoms with Gasteiger partial charge in [0, 0.05) is 23.5 Å². The molecule has 0 aliphatic heterocycles. The largest absolute Gasteiger partial charge is 0.348 e. The average molecular weight is 253 g/mol. The Labute approximate surface area is 107 Å².